The molecule has 0 aliphatic carbocycles. The molecule has 84 valence electrons. The molecule has 4 nitrogen and oxygen atoms in total. The summed E-state index contributed by atoms with van der Waals surface area (Å²) in [5, 5.41) is 10.1. The second kappa shape index (κ2) is 5.80. The first-order chi connectivity index (χ1) is 7.61. The fraction of sp³-hybridized carbons (Fsp3) is 0.250. The number of Topliss-reactive ketones (excluding diaryl/α,β-unsaturated/α-hetero) is 2. The lowest BCUT2D eigenvalue weighted by Crippen LogP contribution is -2.31. The molecule has 16 heavy (non-hydrogen) atoms. The Balaban J connectivity index is 2.37. The number of carboxylic acid groups (broad SMARTS) is 1. The van der Waals surface area contributed by atoms with Crippen LogP contribution >= 0.6 is 0 Å². The molecule has 0 unspecified atom stereocenters. The Morgan fingerprint density at radius 1 is 1.00 bits per heavy atom. The SMILES string of the molecule is O=C([O-])C(=O)CCCC(=O)c1ccccc1. The van der Waals surface area contributed by atoms with Gasteiger partial charge < -0.3 is 9.90 Å². The van der Waals surface area contributed by atoms with Gasteiger partial charge in [0, 0.05) is 18.4 Å². The molecule has 0 amide bonds. The van der Waals surface area contributed by atoms with Crippen molar-refractivity contribution < 1.29 is 19.5 Å². The summed E-state index contributed by atoms with van der Waals surface area (Å²) in [7, 11) is 0. The van der Waals surface area contributed by atoms with E-state index in [-0.39, 0.29) is 25.0 Å². The van der Waals surface area contributed by atoms with Crippen LogP contribution in [0.2, 0.25) is 0 Å². The summed E-state index contributed by atoms with van der Waals surface area (Å²) in [4.78, 5) is 32.3. The molecule has 0 N–H and O–H groups in total. The Kier molecular flexibility index (Phi) is 4.39. The molecule has 1 rings (SSSR count). The highest BCUT2D eigenvalue weighted by molar-refractivity contribution is 6.31. The van der Waals surface area contributed by atoms with Crippen molar-refractivity contribution in [2.45, 2.75) is 19.3 Å². The van der Waals surface area contributed by atoms with Crippen LogP contribution in [0, 0.1) is 0 Å². The minimum Gasteiger partial charge on any atom is -0.542 e. The predicted molar refractivity (Wildman–Crippen MR) is 54.6 cm³/mol. The quantitative estimate of drug-likeness (QED) is 0.511. The third kappa shape index (κ3) is 3.65. The summed E-state index contributed by atoms with van der Waals surface area (Å²) >= 11 is 0. The number of carbonyl (C=O) groups is 3. The first-order valence-electron chi connectivity index (χ1n) is 4.93. The van der Waals surface area contributed by atoms with Crippen molar-refractivity contribution >= 4 is 17.5 Å². The molecule has 0 aromatic heterocycles. The number of hydrogen-bond acceptors (Lipinski definition) is 4. The molecule has 1 aromatic carbocycles. The van der Waals surface area contributed by atoms with E-state index in [9.17, 15) is 19.5 Å². The number of hydrogen-bond donors (Lipinski definition) is 0. The van der Waals surface area contributed by atoms with E-state index < -0.39 is 11.8 Å². The van der Waals surface area contributed by atoms with E-state index in [0.717, 1.165) is 0 Å². The van der Waals surface area contributed by atoms with Gasteiger partial charge in [-0.1, -0.05) is 30.3 Å². The Morgan fingerprint density at radius 2 is 1.62 bits per heavy atom. The van der Waals surface area contributed by atoms with Crippen LogP contribution in [0.5, 0.6) is 0 Å². The van der Waals surface area contributed by atoms with Crippen LogP contribution in [-0.4, -0.2) is 17.5 Å². The lowest BCUT2D eigenvalue weighted by molar-refractivity contribution is -0.300. The van der Waals surface area contributed by atoms with E-state index in [1.807, 2.05) is 0 Å². The van der Waals surface area contributed by atoms with Crippen molar-refractivity contribution in [2.75, 3.05) is 0 Å². The van der Waals surface area contributed by atoms with Crippen LogP contribution in [0.25, 0.3) is 0 Å². The maximum Gasteiger partial charge on any atom is 0.178 e. The van der Waals surface area contributed by atoms with E-state index in [1.165, 1.54) is 0 Å². The highest BCUT2D eigenvalue weighted by atomic mass is 16.4. The molecule has 0 spiro atoms. The summed E-state index contributed by atoms with van der Waals surface area (Å²) in [6.45, 7) is 0. The van der Waals surface area contributed by atoms with E-state index in [4.69, 9.17) is 0 Å². The van der Waals surface area contributed by atoms with Gasteiger partial charge in [0.1, 0.15) is 5.97 Å². The molecule has 0 bridgehead atoms. The summed E-state index contributed by atoms with van der Waals surface area (Å²) in [5.41, 5.74) is 0.573. The van der Waals surface area contributed by atoms with Crippen LogP contribution in [0.1, 0.15) is 29.6 Å². The average molecular weight is 219 g/mol. The first kappa shape index (κ1) is 12.1. The van der Waals surface area contributed by atoms with Gasteiger partial charge in [-0.3, -0.25) is 9.59 Å². The first-order valence-corrected chi connectivity index (χ1v) is 4.93. The summed E-state index contributed by atoms with van der Waals surface area (Å²) in [6.07, 6.45) is 0.254. The van der Waals surface area contributed by atoms with Crippen LogP contribution in [0.15, 0.2) is 30.3 Å². The predicted octanol–water partition coefficient (Wildman–Crippen LogP) is 0.359. The molecule has 0 aliphatic rings. The summed E-state index contributed by atoms with van der Waals surface area (Å²) in [5.74, 6) is -2.74. The number of ketones is 2. The number of carbonyl (C=O) groups excluding carboxylic acids is 3. The lowest BCUT2D eigenvalue weighted by Gasteiger charge is -2.01. The van der Waals surface area contributed by atoms with Crippen molar-refractivity contribution in [3.63, 3.8) is 0 Å². The van der Waals surface area contributed by atoms with Crippen LogP contribution in [-0.2, 0) is 9.59 Å². The van der Waals surface area contributed by atoms with Gasteiger partial charge >= 0.3 is 0 Å². The number of aliphatic carboxylic acids is 1. The van der Waals surface area contributed by atoms with Crippen molar-refractivity contribution in [1.29, 1.82) is 0 Å². The zero-order valence-corrected chi connectivity index (χ0v) is 8.64. The minimum absolute atomic E-state index is 0.0910. The molecule has 0 heterocycles. The van der Waals surface area contributed by atoms with E-state index in [1.54, 1.807) is 30.3 Å². The Labute approximate surface area is 92.9 Å². The van der Waals surface area contributed by atoms with Gasteiger partial charge in [-0.2, -0.15) is 0 Å². The van der Waals surface area contributed by atoms with E-state index in [0.29, 0.717) is 5.56 Å². The van der Waals surface area contributed by atoms with Gasteiger partial charge in [0.25, 0.3) is 0 Å². The molecule has 0 radical (unpaired) electrons. The maximum absolute atomic E-state index is 11.5. The molecular formula is C12H11O4-. The van der Waals surface area contributed by atoms with Crippen molar-refractivity contribution in [1.82, 2.24) is 0 Å². The normalized spacial score (nSPS) is 9.75. The van der Waals surface area contributed by atoms with Gasteiger partial charge in [0.15, 0.2) is 11.6 Å². The van der Waals surface area contributed by atoms with Crippen LogP contribution in [0.3, 0.4) is 0 Å². The van der Waals surface area contributed by atoms with Gasteiger partial charge in [-0.25, -0.2) is 0 Å². The van der Waals surface area contributed by atoms with Crippen molar-refractivity contribution in [3.8, 4) is 0 Å². The monoisotopic (exact) mass is 219 g/mol. The van der Waals surface area contributed by atoms with Gasteiger partial charge in [0.05, 0.1) is 0 Å². The standard InChI is InChI=1S/C12H12O4/c13-10(9-5-2-1-3-6-9)7-4-8-11(14)12(15)16/h1-3,5-6H,4,7-8H2,(H,15,16)/p-1. The number of carboxylic acids is 1. The molecule has 0 saturated heterocycles. The summed E-state index contributed by atoms with van der Waals surface area (Å²) in [6, 6.07) is 8.67. The van der Waals surface area contributed by atoms with E-state index >= 15 is 0 Å². The zero-order chi connectivity index (χ0) is 12.0. The Morgan fingerprint density at radius 3 is 2.19 bits per heavy atom. The second-order valence-electron chi connectivity index (χ2n) is 3.35. The van der Waals surface area contributed by atoms with Gasteiger partial charge in [-0.15, -0.1) is 0 Å². The molecule has 0 saturated carbocycles. The third-order valence-corrected chi connectivity index (χ3v) is 2.13. The molecule has 0 atom stereocenters. The third-order valence-electron chi connectivity index (χ3n) is 2.13. The molecule has 4 heteroatoms. The zero-order valence-electron chi connectivity index (χ0n) is 8.64. The van der Waals surface area contributed by atoms with E-state index in [2.05, 4.69) is 0 Å². The van der Waals surface area contributed by atoms with Crippen molar-refractivity contribution in [2.24, 2.45) is 0 Å². The fourth-order valence-electron chi connectivity index (χ4n) is 1.28. The Bertz CT molecular complexity index is 395. The molecular weight excluding hydrogens is 208 g/mol. The minimum atomic E-state index is -1.69. The summed E-state index contributed by atoms with van der Waals surface area (Å²) < 4.78 is 0. The van der Waals surface area contributed by atoms with Crippen LogP contribution in [0.4, 0.5) is 0 Å². The average Bonchev–Trinajstić information content (AvgIpc) is 2.29. The topological polar surface area (TPSA) is 74.3 Å². The molecule has 1 aromatic rings. The lowest BCUT2D eigenvalue weighted by atomic mass is 10.0. The highest BCUT2D eigenvalue weighted by Crippen LogP contribution is 2.06. The van der Waals surface area contributed by atoms with Crippen molar-refractivity contribution in [3.05, 3.63) is 35.9 Å². The van der Waals surface area contributed by atoms with Crippen LogP contribution < -0.4 is 5.11 Å². The second-order valence-corrected chi connectivity index (χ2v) is 3.35. The number of benzene rings is 1. The highest BCUT2D eigenvalue weighted by Gasteiger charge is 2.07. The van der Waals surface area contributed by atoms with Gasteiger partial charge in [0.2, 0.25) is 0 Å². The molecule has 0 fully saturated rings. The molecule has 0 aliphatic heterocycles. The Hall–Kier alpha value is -1.97. The smallest absolute Gasteiger partial charge is 0.178 e. The van der Waals surface area contributed by atoms with Gasteiger partial charge in [-0.05, 0) is 6.42 Å². The number of rotatable bonds is 6. The largest absolute Gasteiger partial charge is 0.542 e. The maximum atomic E-state index is 11.5. The fourth-order valence-corrected chi connectivity index (χ4v) is 1.28.